The first kappa shape index (κ1) is 28.0. The van der Waals surface area contributed by atoms with E-state index in [2.05, 4.69) is 40.0 Å². The smallest absolute Gasteiger partial charge is 0.240 e. The van der Waals surface area contributed by atoms with Gasteiger partial charge in [-0.05, 0) is 38.8 Å². The van der Waals surface area contributed by atoms with E-state index in [0.29, 0.717) is 36.3 Å². The van der Waals surface area contributed by atoms with Gasteiger partial charge in [-0.1, -0.05) is 13.0 Å². The summed E-state index contributed by atoms with van der Waals surface area (Å²) in [5, 5.41) is 11.8. The third-order valence-electron chi connectivity index (χ3n) is 5.94. The van der Waals surface area contributed by atoms with Crippen LogP contribution in [0.5, 0.6) is 5.88 Å². The van der Waals surface area contributed by atoms with Gasteiger partial charge < -0.3 is 9.47 Å². The number of nitrogens with zero attached hydrogens (tertiary/aromatic N) is 9. The SMILES string of the molecule is CCCO[C@@H](c1ncc(C)cn1)[C@H](C)S(=O)(=O)Nc1nnc(-c2cccc(OC)n2)n1[C@@H](C)c1ncn(C)n1. The molecule has 208 valence electrons. The van der Waals surface area contributed by atoms with E-state index in [1.165, 1.54) is 7.11 Å². The molecule has 39 heavy (non-hydrogen) atoms. The Morgan fingerprint density at radius 3 is 2.46 bits per heavy atom. The number of ether oxygens (including phenoxy) is 2. The minimum Gasteiger partial charge on any atom is -0.481 e. The van der Waals surface area contributed by atoms with E-state index in [1.54, 1.807) is 60.1 Å². The van der Waals surface area contributed by atoms with E-state index in [9.17, 15) is 8.42 Å². The predicted octanol–water partition coefficient (Wildman–Crippen LogP) is 2.48. The molecule has 0 aliphatic heterocycles. The summed E-state index contributed by atoms with van der Waals surface area (Å²) in [6.07, 6.45) is 4.60. The summed E-state index contributed by atoms with van der Waals surface area (Å²) in [6.45, 7) is 7.49. The summed E-state index contributed by atoms with van der Waals surface area (Å²) >= 11 is 0. The van der Waals surface area contributed by atoms with Gasteiger partial charge in [0.1, 0.15) is 23.4 Å². The average molecular weight is 557 g/mol. The first-order valence-electron chi connectivity index (χ1n) is 12.4. The van der Waals surface area contributed by atoms with Crippen LogP contribution in [0, 0.1) is 6.92 Å². The van der Waals surface area contributed by atoms with Crippen molar-refractivity contribution < 1.29 is 17.9 Å². The topological polar surface area (TPSA) is 165 Å². The summed E-state index contributed by atoms with van der Waals surface area (Å²) in [5.41, 5.74) is 1.28. The number of hydrogen-bond acceptors (Lipinski definition) is 11. The van der Waals surface area contributed by atoms with E-state index in [0.717, 1.165) is 5.56 Å². The Morgan fingerprint density at radius 1 is 1.08 bits per heavy atom. The zero-order valence-electron chi connectivity index (χ0n) is 22.7. The Hall–Kier alpha value is -3.98. The number of rotatable bonds is 12. The lowest BCUT2D eigenvalue weighted by molar-refractivity contribution is 0.0466. The summed E-state index contributed by atoms with van der Waals surface area (Å²) in [6, 6.07) is 4.63. The molecule has 4 heterocycles. The second-order valence-corrected chi connectivity index (χ2v) is 11.0. The van der Waals surface area contributed by atoms with Gasteiger partial charge in [-0.15, -0.1) is 10.2 Å². The highest BCUT2D eigenvalue weighted by atomic mass is 32.2. The Morgan fingerprint density at radius 2 is 1.82 bits per heavy atom. The maximum atomic E-state index is 13.7. The predicted molar refractivity (Wildman–Crippen MR) is 142 cm³/mol. The van der Waals surface area contributed by atoms with Gasteiger partial charge in [0, 0.05) is 32.1 Å². The zero-order valence-corrected chi connectivity index (χ0v) is 23.5. The third kappa shape index (κ3) is 6.20. The van der Waals surface area contributed by atoms with Gasteiger partial charge in [-0.2, -0.15) is 5.10 Å². The molecule has 1 N–H and O–H groups in total. The van der Waals surface area contributed by atoms with Crippen LogP contribution in [0.2, 0.25) is 0 Å². The van der Waals surface area contributed by atoms with Crippen LogP contribution in [0.25, 0.3) is 11.5 Å². The van der Waals surface area contributed by atoms with Gasteiger partial charge >= 0.3 is 0 Å². The van der Waals surface area contributed by atoms with Crippen LogP contribution in [-0.2, 0) is 21.8 Å². The standard InChI is InChI=1S/C24H32N10O4S/c1-7-11-38-20(22-25-12-15(2)13-26-22)17(4)39(35,36)32-24-30-29-23(18-9-8-10-19(28-18)37-6)34(24)16(3)21-27-14-33(5)31-21/h8-10,12-14,16-17,20H,7,11H2,1-6H3,(H,30,32)/t16-,17-,20+/m0/s1. The van der Waals surface area contributed by atoms with Gasteiger partial charge in [0.2, 0.25) is 21.9 Å². The molecule has 0 aromatic carbocycles. The van der Waals surface area contributed by atoms with Crippen molar-refractivity contribution >= 4 is 16.0 Å². The summed E-state index contributed by atoms with van der Waals surface area (Å²) in [7, 11) is -0.834. The maximum absolute atomic E-state index is 13.7. The number of pyridine rings is 1. The fourth-order valence-electron chi connectivity index (χ4n) is 3.82. The second-order valence-electron chi connectivity index (χ2n) is 9.00. The highest BCUT2D eigenvalue weighted by Crippen LogP contribution is 2.30. The fourth-order valence-corrected chi connectivity index (χ4v) is 4.92. The van der Waals surface area contributed by atoms with Crippen LogP contribution < -0.4 is 9.46 Å². The molecule has 0 radical (unpaired) electrons. The first-order chi connectivity index (χ1) is 18.6. The minimum atomic E-state index is -4.09. The molecule has 4 aromatic rings. The summed E-state index contributed by atoms with van der Waals surface area (Å²) in [5.74, 6) is 1.36. The second kappa shape index (κ2) is 11.8. The van der Waals surface area contributed by atoms with Gasteiger partial charge in [0.25, 0.3) is 0 Å². The van der Waals surface area contributed by atoms with Crippen LogP contribution in [0.15, 0.2) is 36.9 Å². The Bertz CT molecular complexity index is 1500. The van der Waals surface area contributed by atoms with Crippen molar-refractivity contribution in [3.05, 3.63) is 54.1 Å². The molecule has 0 bridgehead atoms. The molecule has 0 aliphatic carbocycles. The lowest BCUT2D eigenvalue weighted by atomic mass is 10.2. The molecule has 0 fully saturated rings. The van der Waals surface area contributed by atoms with Crippen molar-refractivity contribution in [2.75, 3.05) is 18.4 Å². The largest absolute Gasteiger partial charge is 0.481 e. The average Bonchev–Trinajstić information content (AvgIpc) is 3.55. The zero-order chi connectivity index (χ0) is 28.2. The Kier molecular flexibility index (Phi) is 8.50. The van der Waals surface area contributed by atoms with Crippen molar-refractivity contribution in [3.8, 4) is 17.4 Å². The number of hydrogen-bond donors (Lipinski definition) is 1. The molecule has 0 amide bonds. The monoisotopic (exact) mass is 556 g/mol. The highest BCUT2D eigenvalue weighted by Gasteiger charge is 2.35. The quantitative estimate of drug-likeness (QED) is 0.272. The lowest BCUT2D eigenvalue weighted by Crippen LogP contribution is -2.34. The number of sulfonamides is 1. The van der Waals surface area contributed by atoms with Crippen LogP contribution >= 0.6 is 0 Å². The highest BCUT2D eigenvalue weighted by molar-refractivity contribution is 7.93. The van der Waals surface area contributed by atoms with E-state index < -0.39 is 27.4 Å². The summed E-state index contributed by atoms with van der Waals surface area (Å²) in [4.78, 5) is 17.4. The van der Waals surface area contributed by atoms with E-state index in [4.69, 9.17) is 9.47 Å². The van der Waals surface area contributed by atoms with Gasteiger partial charge in [0.05, 0.1) is 13.2 Å². The van der Waals surface area contributed by atoms with Crippen molar-refractivity contribution in [3.63, 3.8) is 0 Å². The first-order valence-corrected chi connectivity index (χ1v) is 13.9. The molecule has 0 saturated carbocycles. The Balaban J connectivity index is 1.74. The van der Waals surface area contributed by atoms with Crippen molar-refractivity contribution in [1.82, 2.24) is 44.5 Å². The lowest BCUT2D eigenvalue weighted by Gasteiger charge is -2.24. The summed E-state index contributed by atoms with van der Waals surface area (Å²) < 4.78 is 44.3. The van der Waals surface area contributed by atoms with Crippen LogP contribution in [0.1, 0.15) is 56.6 Å². The van der Waals surface area contributed by atoms with Crippen molar-refractivity contribution in [2.45, 2.75) is 51.5 Å². The molecule has 4 aromatic heterocycles. The molecule has 0 saturated heterocycles. The number of anilines is 1. The number of aromatic nitrogens is 9. The Labute approximate surface area is 226 Å². The normalized spacial score (nSPS) is 14.1. The van der Waals surface area contributed by atoms with Gasteiger partial charge in [-0.3, -0.25) is 14.0 Å². The fraction of sp³-hybridized carbons (Fsp3) is 0.458. The molecule has 0 aliphatic rings. The molecule has 0 unspecified atom stereocenters. The minimum absolute atomic E-state index is 0.0273. The van der Waals surface area contributed by atoms with Crippen LogP contribution in [-0.4, -0.2) is 71.9 Å². The van der Waals surface area contributed by atoms with Crippen molar-refractivity contribution in [2.24, 2.45) is 7.05 Å². The number of aryl methyl sites for hydroxylation is 2. The number of nitrogens with one attached hydrogen (secondary N) is 1. The molecule has 4 rings (SSSR count). The van der Waals surface area contributed by atoms with Gasteiger partial charge in [-0.25, -0.2) is 28.4 Å². The third-order valence-corrected chi connectivity index (χ3v) is 7.64. The molecular formula is C24H32N10O4S. The molecule has 0 spiro atoms. The van der Waals surface area contributed by atoms with Crippen LogP contribution in [0.3, 0.4) is 0 Å². The van der Waals surface area contributed by atoms with Crippen molar-refractivity contribution in [1.29, 1.82) is 0 Å². The van der Waals surface area contributed by atoms with E-state index >= 15 is 0 Å². The molecule has 3 atom stereocenters. The molecule has 15 heteroatoms. The van der Waals surface area contributed by atoms with E-state index in [1.807, 2.05) is 20.8 Å². The molecular weight excluding hydrogens is 524 g/mol. The molecule has 14 nitrogen and oxygen atoms in total. The van der Waals surface area contributed by atoms with Gasteiger partial charge in [0.15, 0.2) is 17.5 Å². The van der Waals surface area contributed by atoms with E-state index in [-0.39, 0.29) is 11.8 Å². The number of methoxy groups -OCH3 is 1. The maximum Gasteiger partial charge on any atom is 0.240 e. The van der Waals surface area contributed by atoms with Crippen LogP contribution in [0.4, 0.5) is 5.95 Å².